The van der Waals surface area contributed by atoms with Crippen molar-refractivity contribution in [3.63, 3.8) is 0 Å². The molecule has 0 fully saturated rings. The molecule has 0 spiro atoms. The molecule has 5 nitrogen and oxygen atoms in total. The zero-order valence-electron chi connectivity index (χ0n) is 11.6. The van der Waals surface area contributed by atoms with Gasteiger partial charge < -0.3 is 4.74 Å². The van der Waals surface area contributed by atoms with Gasteiger partial charge in [0.15, 0.2) is 0 Å². The van der Waals surface area contributed by atoms with Crippen molar-refractivity contribution in [1.82, 2.24) is 9.97 Å². The van der Waals surface area contributed by atoms with Gasteiger partial charge in [0.2, 0.25) is 5.88 Å². The number of ether oxygens (including phenoxy) is 1. The Balaban J connectivity index is 2.16. The van der Waals surface area contributed by atoms with Crippen molar-refractivity contribution in [2.75, 3.05) is 12.0 Å². The molecular formula is C15H15N3O2. The Morgan fingerprint density at radius 2 is 2.05 bits per heavy atom. The first-order valence-electron chi connectivity index (χ1n) is 6.36. The van der Waals surface area contributed by atoms with Gasteiger partial charge in [-0.25, -0.2) is 4.98 Å². The summed E-state index contributed by atoms with van der Waals surface area (Å²) in [4.78, 5) is 22.9. The number of anilines is 1. The van der Waals surface area contributed by atoms with Crippen LogP contribution in [0.4, 0.5) is 5.69 Å². The molecule has 5 heteroatoms. The molecule has 2 aromatic heterocycles. The smallest absolute Gasteiger partial charge is 0.261 e. The minimum Gasteiger partial charge on any atom is -0.481 e. The van der Waals surface area contributed by atoms with Crippen molar-refractivity contribution >= 4 is 11.6 Å². The number of nitrogens with zero attached hydrogens (tertiary/aromatic N) is 3. The van der Waals surface area contributed by atoms with E-state index in [1.807, 2.05) is 26.0 Å². The lowest BCUT2D eigenvalue weighted by atomic mass is 9.99. The molecule has 2 aromatic rings. The number of aromatic nitrogens is 2. The fourth-order valence-electron chi connectivity index (χ4n) is 2.60. The number of fused-ring (bicyclic) bond motifs is 1. The van der Waals surface area contributed by atoms with Gasteiger partial charge >= 0.3 is 0 Å². The van der Waals surface area contributed by atoms with Crippen LogP contribution in [-0.4, -0.2) is 23.0 Å². The largest absolute Gasteiger partial charge is 0.481 e. The van der Waals surface area contributed by atoms with Crippen molar-refractivity contribution in [2.45, 2.75) is 19.4 Å². The molecule has 0 aliphatic carbocycles. The van der Waals surface area contributed by atoms with Crippen molar-refractivity contribution in [3.05, 3.63) is 47.9 Å². The van der Waals surface area contributed by atoms with E-state index < -0.39 is 5.54 Å². The van der Waals surface area contributed by atoms with E-state index >= 15 is 0 Å². The molecule has 0 saturated carbocycles. The van der Waals surface area contributed by atoms with Gasteiger partial charge in [-0.3, -0.25) is 14.7 Å². The Hall–Kier alpha value is -2.43. The van der Waals surface area contributed by atoms with Gasteiger partial charge in [-0.05, 0) is 32.0 Å². The summed E-state index contributed by atoms with van der Waals surface area (Å²) in [6.45, 7) is 3.94. The van der Waals surface area contributed by atoms with E-state index in [0.29, 0.717) is 11.4 Å². The fraction of sp³-hybridized carbons (Fsp3) is 0.267. The van der Waals surface area contributed by atoms with E-state index in [0.717, 1.165) is 11.4 Å². The van der Waals surface area contributed by atoms with Crippen LogP contribution in [0.3, 0.4) is 0 Å². The molecule has 0 radical (unpaired) electrons. The topological polar surface area (TPSA) is 55.3 Å². The van der Waals surface area contributed by atoms with Crippen molar-refractivity contribution in [1.29, 1.82) is 0 Å². The SMILES string of the molecule is COc1ccc2c(n1)C(C)(C)N(c1cccnc1)C2=O. The second kappa shape index (κ2) is 4.30. The highest BCUT2D eigenvalue weighted by Gasteiger charge is 2.45. The number of carbonyl (C=O) groups is 1. The summed E-state index contributed by atoms with van der Waals surface area (Å²) < 4.78 is 5.16. The van der Waals surface area contributed by atoms with E-state index in [9.17, 15) is 4.79 Å². The highest BCUT2D eigenvalue weighted by Crippen LogP contribution is 2.41. The zero-order chi connectivity index (χ0) is 14.3. The Kier molecular flexibility index (Phi) is 2.71. The van der Waals surface area contributed by atoms with Crippen LogP contribution in [0.25, 0.3) is 0 Å². The Bertz CT molecular complexity index is 668. The Morgan fingerprint density at radius 3 is 2.70 bits per heavy atom. The maximum atomic E-state index is 12.6. The van der Waals surface area contributed by atoms with E-state index in [1.165, 1.54) is 0 Å². The van der Waals surface area contributed by atoms with E-state index in [2.05, 4.69) is 9.97 Å². The van der Waals surface area contributed by atoms with Crippen LogP contribution in [-0.2, 0) is 5.54 Å². The van der Waals surface area contributed by atoms with Crippen LogP contribution < -0.4 is 9.64 Å². The number of pyridine rings is 2. The monoisotopic (exact) mass is 269 g/mol. The summed E-state index contributed by atoms with van der Waals surface area (Å²) in [5.74, 6) is 0.450. The average Bonchev–Trinajstić information content (AvgIpc) is 2.66. The molecule has 0 unspecified atom stereocenters. The number of methoxy groups -OCH3 is 1. The first kappa shape index (κ1) is 12.6. The van der Waals surface area contributed by atoms with Crippen LogP contribution in [0.15, 0.2) is 36.7 Å². The highest BCUT2D eigenvalue weighted by molar-refractivity contribution is 6.11. The summed E-state index contributed by atoms with van der Waals surface area (Å²) in [6, 6.07) is 7.16. The molecule has 1 aliphatic heterocycles. The third kappa shape index (κ3) is 1.66. The molecule has 0 atom stereocenters. The van der Waals surface area contributed by atoms with Crippen molar-refractivity contribution in [3.8, 4) is 5.88 Å². The third-order valence-electron chi connectivity index (χ3n) is 3.55. The van der Waals surface area contributed by atoms with Crippen molar-refractivity contribution < 1.29 is 9.53 Å². The minimum atomic E-state index is -0.538. The Labute approximate surface area is 117 Å². The summed E-state index contributed by atoms with van der Waals surface area (Å²) >= 11 is 0. The second-order valence-electron chi connectivity index (χ2n) is 5.16. The van der Waals surface area contributed by atoms with Crippen LogP contribution in [0.2, 0.25) is 0 Å². The first-order chi connectivity index (χ1) is 9.55. The number of carbonyl (C=O) groups excluding carboxylic acids is 1. The first-order valence-corrected chi connectivity index (χ1v) is 6.36. The quantitative estimate of drug-likeness (QED) is 0.840. The van der Waals surface area contributed by atoms with Crippen LogP contribution in [0.5, 0.6) is 5.88 Å². The minimum absolute atomic E-state index is 0.0619. The van der Waals surface area contributed by atoms with Gasteiger partial charge in [0.05, 0.1) is 35.8 Å². The predicted molar refractivity (Wildman–Crippen MR) is 74.9 cm³/mol. The van der Waals surface area contributed by atoms with Gasteiger partial charge in [0.1, 0.15) is 0 Å². The van der Waals surface area contributed by atoms with Crippen molar-refractivity contribution in [2.24, 2.45) is 0 Å². The van der Waals surface area contributed by atoms with E-state index in [-0.39, 0.29) is 5.91 Å². The standard InChI is InChI=1S/C15H15N3O2/c1-15(2)13-11(6-7-12(17-13)20-3)14(19)18(15)10-5-4-8-16-9-10/h4-9H,1-3H3. The lowest BCUT2D eigenvalue weighted by Gasteiger charge is -2.31. The predicted octanol–water partition coefficient (Wildman–Crippen LogP) is 2.38. The van der Waals surface area contributed by atoms with E-state index in [1.54, 1.807) is 36.5 Å². The highest BCUT2D eigenvalue weighted by atomic mass is 16.5. The molecule has 102 valence electrons. The maximum absolute atomic E-state index is 12.6. The average molecular weight is 269 g/mol. The van der Waals surface area contributed by atoms with Crippen LogP contribution >= 0.6 is 0 Å². The van der Waals surface area contributed by atoms with Gasteiger partial charge in [-0.2, -0.15) is 0 Å². The molecule has 20 heavy (non-hydrogen) atoms. The molecule has 0 bridgehead atoms. The summed E-state index contributed by atoms with van der Waals surface area (Å²) in [7, 11) is 1.57. The normalized spacial score (nSPS) is 16.1. The second-order valence-corrected chi connectivity index (χ2v) is 5.16. The maximum Gasteiger partial charge on any atom is 0.261 e. The van der Waals surface area contributed by atoms with Gasteiger partial charge in [-0.1, -0.05) is 0 Å². The summed E-state index contributed by atoms with van der Waals surface area (Å²) in [5.41, 5.74) is 1.56. The zero-order valence-corrected chi connectivity index (χ0v) is 11.6. The number of hydrogen-bond donors (Lipinski definition) is 0. The number of amides is 1. The summed E-state index contributed by atoms with van der Waals surface area (Å²) in [5, 5.41) is 0. The third-order valence-corrected chi connectivity index (χ3v) is 3.55. The number of hydrogen-bond acceptors (Lipinski definition) is 4. The van der Waals surface area contributed by atoms with Gasteiger partial charge in [0.25, 0.3) is 5.91 Å². The molecule has 3 heterocycles. The molecule has 1 amide bonds. The lowest BCUT2D eigenvalue weighted by molar-refractivity contribution is 0.0982. The van der Waals surface area contributed by atoms with Gasteiger partial charge in [0, 0.05) is 12.3 Å². The lowest BCUT2D eigenvalue weighted by Crippen LogP contribution is -2.39. The molecule has 0 saturated heterocycles. The van der Waals surface area contributed by atoms with Gasteiger partial charge in [-0.15, -0.1) is 0 Å². The Morgan fingerprint density at radius 1 is 1.25 bits per heavy atom. The van der Waals surface area contributed by atoms with E-state index in [4.69, 9.17) is 4.74 Å². The molecule has 0 N–H and O–H groups in total. The molecule has 0 aromatic carbocycles. The summed E-state index contributed by atoms with van der Waals surface area (Å²) in [6.07, 6.45) is 3.37. The number of rotatable bonds is 2. The van der Waals surface area contributed by atoms with Crippen LogP contribution in [0.1, 0.15) is 29.9 Å². The molecule has 3 rings (SSSR count). The molecule has 1 aliphatic rings. The van der Waals surface area contributed by atoms with Crippen LogP contribution in [0, 0.1) is 0 Å². The fourth-order valence-corrected chi connectivity index (χ4v) is 2.60. The molecular weight excluding hydrogens is 254 g/mol.